The average Bonchev–Trinajstić information content (AvgIpc) is 2.47. The quantitative estimate of drug-likeness (QED) is 0.552. The van der Waals surface area contributed by atoms with E-state index in [4.69, 9.17) is 10.9 Å². The second-order valence-electron chi connectivity index (χ2n) is 4.98. The first kappa shape index (κ1) is 18.7. The molecule has 4 heteroatoms. The molecule has 0 heterocycles. The van der Waals surface area contributed by atoms with Crippen LogP contribution in [0.1, 0.15) is 47.5 Å². The van der Waals surface area contributed by atoms with Crippen LogP contribution in [-0.2, 0) is 0 Å². The van der Waals surface area contributed by atoms with E-state index in [1.807, 2.05) is 5.01 Å². The van der Waals surface area contributed by atoms with Crippen molar-refractivity contribution < 1.29 is 5.11 Å². The molecule has 0 saturated carbocycles. The molecule has 116 valence electrons. The number of hydrazine groups is 1. The number of anilines is 2. The predicted molar refractivity (Wildman–Crippen MR) is 89.0 cm³/mol. The van der Waals surface area contributed by atoms with Crippen LogP contribution in [0.5, 0.6) is 0 Å². The van der Waals surface area contributed by atoms with Crippen molar-refractivity contribution in [3.05, 3.63) is 24.3 Å². The molecule has 4 N–H and O–H groups in total. The molecular weight excluding hydrogens is 250 g/mol. The van der Waals surface area contributed by atoms with Gasteiger partial charge >= 0.3 is 0 Å². The SMILES string of the molecule is CCC(C)Nc1ccc(N(N)C(C)CC)cc1.CCO. The van der Waals surface area contributed by atoms with Crippen molar-refractivity contribution in [3.8, 4) is 0 Å². The van der Waals surface area contributed by atoms with E-state index in [9.17, 15) is 0 Å². The molecule has 2 unspecified atom stereocenters. The van der Waals surface area contributed by atoms with E-state index < -0.39 is 0 Å². The van der Waals surface area contributed by atoms with E-state index in [2.05, 4.69) is 57.3 Å². The summed E-state index contributed by atoms with van der Waals surface area (Å²) in [6, 6.07) is 9.18. The summed E-state index contributed by atoms with van der Waals surface area (Å²) in [5.74, 6) is 6.04. The zero-order valence-corrected chi connectivity index (χ0v) is 13.6. The second kappa shape index (κ2) is 10.5. The summed E-state index contributed by atoms with van der Waals surface area (Å²) < 4.78 is 0. The molecule has 2 atom stereocenters. The van der Waals surface area contributed by atoms with Crippen molar-refractivity contribution in [3.63, 3.8) is 0 Å². The maximum Gasteiger partial charge on any atom is 0.0521 e. The fourth-order valence-corrected chi connectivity index (χ4v) is 1.57. The largest absolute Gasteiger partial charge is 0.397 e. The van der Waals surface area contributed by atoms with Crippen molar-refractivity contribution in [1.29, 1.82) is 0 Å². The molecule has 0 bridgehead atoms. The number of aliphatic hydroxyl groups excluding tert-OH is 1. The lowest BCUT2D eigenvalue weighted by Gasteiger charge is -2.25. The van der Waals surface area contributed by atoms with E-state index in [1.165, 1.54) is 0 Å². The molecule has 20 heavy (non-hydrogen) atoms. The lowest BCUT2D eigenvalue weighted by atomic mass is 10.2. The molecule has 0 spiro atoms. The number of hydrogen-bond donors (Lipinski definition) is 3. The summed E-state index contributed by atoms with van der Waals surface area (Å²) in [5.41, 5.74) is 2.22. The summed E-state index contributed by atoms with van der Waals surface area (Å²) >= 11 is 0. The molecule has 0 aliphatic heterocycles. The second-order valence-corrected chi connectivity index (χ2v) is 4.98. The Morgan fingerprint density at radius 1 is 1.10 bits per heavy atom. The first-order valence-corrected chi connectivity index (χ1v) is 7.51. The van der Waals surface area contributed by atoms with Gasteiger partial charge in [0, 0.05) is 24.4 Å². The van der Waals surface area contributed by atoms with Crippen LogP contribution in [0, 0.1) is 0 Å². The van der Waals surface area contributed by atoms with Crippen LogP contribution in [0.2, 0.25) is 0 Å². The van der Waals surface area contributed by atoms with Gasteiger partial charge in [-0.3, -0.25) is 0 Å². The minimum atomic E-state index is 0.250. The van der Waals surface area contributed by atoms with Gasteiger partial charge in [-0.05, 0) is 57.9 Å². The van der Waals surface area contributed by atoms with E-state index in [1.54, 1.807) is 6.92 Å². The van der Waals surface area contributed by atoms with Crippen molar-refractivity contribution in [2.45, 2.75) is 59.5 Å². The Kier molecular flexibility index (Phi) is 9.86. The number of nitrogens with one attached hydrogen (secondary N) is 1. The van der Waals surface area contributed by atoms with Gasteiger partial charge in [0.05, 0.1) is 5.69 Å². The van der Waals surface area contributed by atoms with Gasteiger partial charge in [0.1, 0.15) is 0 Å². The number of aliphatic hydroxyl groups is 1. The highest BCUT2D eigenvalue weighted by Gasteiger charge is 2.08. The number of rotatable bonds is 6. The van der Waals surface area contributed by atoms with Gasteiger partial charge in [0.15, 0.2) is 0 Å². The molecule has 0 aliphatic carbocycles. The maximum atomic E-state index is 7.57. The first-order valence-electron chi connectivity index (χ1n) is 7.51. The van der Waals surface area contributed by atoms with Gasteiger partial charge in [-0.15, -0.1) is 0 Å². The Morgan fingerprint density at radius 2 is 1.60 bits per heavy atom. The monoisotopic (exact) mass is 281 g/mol. The van der Waals surface area contributed by atoms with Gasteiger partial charge in [0.25, 0.3) is 0 Å². The fourth-order valence-electron chi connectivity index (χ4n) is 1.57. The van der Waals surface area contributed by atoms with Crippen molar-refractivity contribution in [1.82, 2.24) is 0 Å². The number of nitrogens with zero attached hydrogens (tertiary/aromatic N) is 1. The summed E-state index contributed by atoms with van der Waals surface area (Å²) in [4.78, 5) is 0. The van der Waals surface area contributed by atoms with Crippen molar-refractivity contribution >= 4 is 11.4 Å². The molecule has 0 saturated heterocycles. The predicted octanol–water partition coefficient (Wildman–Crippen LogP) is 3.37. The smallest absolute Gasteiger partial charge is 0.0521 e. The highest BCUT2D eigenvalue weighted by Crippen LogP contribution is 2.19. The van der Waals surface area contributed by atoms with Crippen LogP contribution in [-0.4, -0.2) is 23.8 Å². The Balaban J connectivity index is 0.00000110. The lowest BCUT2D eigenvalue weighted by molar-refractivity contribution is 0.318. The normalized spacial score (nSPS) is 12.9. The molecular formula is C16H31N3O. The summed E-state index contributed by atoms with van der Waals surface area (Å²) in [6.45, 7) is 10.6. The first-order chi connectivity index (χ1) is 9.49. The third-order valence-corrected chi connectivity index (χ3v) is 3.26. The van der Waals surface area contributed by atoms with Crippen LogP contribution in [0.3, 0.4) is 0 Å². The van der Waals surface area contributed by atoms with E-state index in [0.717, 1.165) is 24.2 Å². The van der Waals surface area contributed by atoms with Crippen LogP contribution in [0.25, 0.3) is 0 Å². The number of benzene rings is 1. The molecule has 1 aromatic rings. The Morgan fingerprint density at radius 3 is 2.00 bits per heavy atom. The third kappa shape index (κ3) is 6.78. The molecule has 4 nitrogen and oxygen atoms in total. The van der Waals surface area contributed by atoms with Gasteiger partial charge < -0.3 is 15.4 Å². The van der Waals surface area contributed by atoms with Crippen LogP contribution in [0.15, 0.2) is 24.3 Å². The fraction of sp³-hybridized carbons (Fsp3) is 0.625. The zero-order chi connectivity index (χ0) is 15.5. The zero-order valence-electron chi connectivity index (χ0n) is 13.6. The minimum Gasteiger partial charge on any atom is -0.397 e. The molecule has 0 aliphatic rings. The molecule has 0 fully saturated rings. The molecule has 1 rings (SSSR count). The van der Waals surface area contributed by atoms with Gasteiger partial charge in [-0.2, -0.15) is 0 Å². The summed E-state index contributed by atoms with van der Waals surface area (Å²) in [5, 5.41) is 12.8. The van der Waals surface area contributed by atoms with E-state index >= 15 is 0 Å². The van der Waals surface area contributed by atoms with Gasteiger partial charge in [-0.1, -0.05) is 13.8 Å². The number of hydrogen-bond acceptors (Lipinski definition) is 4. The molecule has 1 aromatic carbocycles. The average molecular weight is 281 g/mol. The summed E-state index contributed by atoms with van der Waals surface area (Å²) in [6.07, 6.45) is 2.17. The van der Waals surface area contributed by atoms with E-state index in [0.29, 0.717) is 12.1 Å². The Labute approximate surface area is 124 Å². The van der Waals surface area contributed by atoms with Crippen molar-refractivity contribution in [2.24, 2.45) is 5.84 Å². The lowest BCUT2D eigenvalue weighted by Crippen LogP contribution is -2.38. The summed E-state index contributed by atoms with van der Waals surface area (Å²) in [7, 11) is 0. The number of nitrogens with two attached hydrogens (primary N) is 1. The molecule has 0 aromatic heterocycles. The van der Waals surface area contributed by atoms with Crippen LogP contribution in [0.4, 0.5) is 11.4 Å². The Bertz CT molecular complexity index is 340. The highest BCUT2D eigenvalue weighted by atomic mass is 16.2. The maximum absolute atomic E-state index is 7.57. The Hall–Kier alpha value is -1.26. The van der Waals surface area contributed by atoms with Gasteiger partial charge in [0.2, 0.25) is 0 Å². The standard InChI is InChI=1S/C14H25N3.C2H6O/c1-5-11(3)16-13-7-9-14(10-8-13)17(15)12(4)6-2;1-2-3/h7-12,16H,5-6,15H2,1-4H3;3H,2H2,1H3. The third-order valence-electron chi connectivity index (χ3n) is 3.26. The molecule has 0 amide bonds. The topological polar surface area (TPSA) is 61.5 Å². The van der Waals surface area contributed by atoms with Crippen LogP contribution < -0.4 is 16.2 Å². The minimum absolute atomic E-state index is 0.250. The highest BCUT2D eigenvalue weighted by molar-refractivity contribution is 5.55. The van der Waals surface area contributed by atoms with Crippen molar-refractivity contribution in [2.75, 3.05) is 16.9 Å². The van der Waals surface area contributed by atoms with E-state index in [-0.39, 0.29) is 6.61 Å². The van der Waals surface area contributed by atoms with Gasteiger partial charge in [-0.25, -0.2) is 5.84 Å². The van der Waals surface area contributed by atoms with Crippen LogP contribution >= 0.6 is 0 Å². The molecule has 0 radical (unpaired) electrons.